The molecular weight excluding hydrogens is 440 g/mol. The summed E-state index contributed by atoms with van der Waals surface area (Å²) in [5.41, 5.74) is 1.98. The van der Waals surface area contributed by atoms with Crippen molar-refractivity contribution in [2.45, 2.75) is 27.7 Å². The molecule has 0 spiro atoms. The zero-order chi connectivity index (χ0) is 17.4. The minimum absolute atomic E-state index is 0.307. The first-order chi connectivity index (χ1) is 10.8. The van der Waals surface area contributed by atoms with Gasteiger partial charge in [-0.3, -0.25) is 0 Å². The van der Waals surface area contributed by atoms with Gasteiger partial charge in [0, 0.05) is 20.3 Å². The molecule has 0 unspecified atom stereocenters. The van der Waals surface area contributed by atoms with Gasteiger partial charge in [0.15, 0.2) is 0 Å². The molecule has 0 amide bonds. The number of thiophene rings is 1. The zero-order valence-corrected chi connectivity index (χ0v) is 17.6. The molecule has 23 heavy (non-hydrogen) atoms. The maximum Gasteiger partial charge on any atom is 0.330 e. The van der Waals surface area contributed by atoms with E-state index in [9.17, 15) is 4.79 Å². The molecule has 0 aliphatic rings. The summed E-state index contributed by atoms with van der Waals surface area (Å²) >= 11 is 8.88. The number of allylic oxidation sites excluding steroid dienone is 6. The summed E-state index contributed by atoms with van der Waals surface area (Å²) in [5.74, 6) is -0.307. The minimum atomic E-state index is -0.307. The highest BCUT2D eigenvalue weighted by Crippen LogP contribution is 2.37. The molecule has 0 bridgehead atoms. The average molecular weight is 460 g/mol. The number of esters is 1. The maximum absolute atomic E-state index is 11.3. The number of ether oxygens (including phenoxy) is 1. The van der Waals surface area contributed by atoms with Crippen LogP contribution in [-0.2, 0) is 9.53 Å². The highest BCUT2D eigenvalue weighted by molar-refractivity contribution is 9.13. The Hall–Kier alpha value is -0.910. The van der Waals surface area contributed by atoms with Crippen molar-refractivity contribution in [3.8, 4) is 0 Å². The van der Waals surface area contributed by atoms with Gasteiger partial charge in [0.05, 0.1) is 11.1 Å². The van der Waals surface area contributed by atoms with E-state index in [4.69, 9.17) is 4.74 Å². The van der Waals surface area contributed by atoms with Crippen LogP contribution in [-0.4, -0.2) is 12.6 Å². The SMILES string of the molecule is CCOC(=O)C=C(C)C=CC=C(C)/C=C\c1sc(C)c(Br)c1Br. The Kier molecular flexibility index (Phi) is 8.81. The number of hydrogen-bond acceptors (Lipinski definition) is 3. The summed E-state index contributed by atoms with van der Waals surface area (Å²) in [5, 5.41) is 0. The standard InChI is InChI=1S/C18H20Br2O2S/c1-5-22-16(21)11-13(3)8-6-7-12(2)9-10-15-18(20)17(19)14(4)23-15/h6-11H,5H2,1-4H3/b8-6?,10-9-,12-7?,13-11?. The molecule has 0 fully saturated rings. The van der Waals surface area contributed by atoms with E-state index in [1.54, 1.807) is 18.3 Å². The molecule has 0 radical (unpaired) electrons. The van der Waals surface area contributed by atoms with Crippen LogP contribution in [0, 0.1) is 6.92 Å². The van der Waals surface area contributed by atoms with E-state index in [1.807, 2.05) is 32.1 Å². The second-order valence-corrected chi connectivity index (χ2v) is 7.74. The Morgan fingerprint density at radius 1 is 1.17 bits per heavy atom. The second-order valence-electron chi connectivity index (χ2n) is 4.89. The largest absolute Gasteiger partial charge is 0.463 e. The lowest BCUT2D eigenvalue weighted by molar-refractivity contribution is -0.137. The van der Waals surface area contributed by atoms with Crippen molar-refractivity contribution in [3.05, 3.63) is 60.2 Å². The number of carbonyl (C=O) groups excluding carboxylic acids is 1. The van der Waals surface area contributed by atoms with Gasteiger partial charge < -0.3 is 4.74 Å². The van der Waals surface area contributed by atoms with Crippen molar-refractivity contribution in [3.63, 3.8) is 0 Å². The van der Waals surface area contributed by atoms with Crippen molar-refractivity contribution in [2.24, 2.45) is 0 Å². The third-order valence-electron chi connectivity index (χ3n) is 2.83. The number of hydrogen-bond donors (Lipinski definition) is 0. The van der Waals surface area contributed by atoms with Crippen LogP contribution in [0.15, 0.2) is 50.5 Å². The summed E-state index contributed by atoms with van der Waals surface area (Å²) in [6.45, 7) is 8.18. The molecule has 0 aliphatic heterocycles. The van der Waals surface area contributed by atoms with E-state index in [-0.39, 0.29) is 5.97 Å². The lowest BCUT2D eigenvalue weighted by atomic mass is 10.2. The van der Waals surface area contributed by atoms with Crippen molar-refractivity contribution < 1.29 is 9.53 Å². The Balaban J connectivity index is 2.70. The fourth-order valence-corrected chi connectivity index (χ4v) is 3.90. The van der Waals surface area contributed by atoms with E-state index >= 15 is 0 Å². The first-order valence-electron chi connectivity index (χ1n) is 7.17. The molecule has 1 aromatic rings. The maximum atomic E-state index is 11.3. The monoisotopic (exact) mass is 458 g/mol. The van der Waals surface area contributed by atoms with Gasteiger partial charge in [-0.05, 0) is 71.2 Å². The normalized spacial score (nSPS) is 13.3. The fourth-order valence-electron chi connectivity index (χ4n) is 1.66. The van der Waals surface area contributed by atoms with Gasteiger partial charge in [-0.15, -0.1) is 11.3 Å². The van der Waals surface area contributed by atoms with Gasteiger partial charge >= 0.3 is 5.97 Å². The molecule has 5 heteroatoms. The molecule has 0 N–H and O–H groups in total. The predicted octanol–water partition coefficient (Wildman–Crippen LogP) is 6.61. The van der Waals surface area contributed by atoms with E-state index in [2.05, 4.69) is 50.9 Å². The molecule has 1 aromatic heterocycles. The molecule has 0 saturated carbocycles. The number of carbonyl (C=O) groups is 1. The smallest absolute Gasteiger partial charge is 0.330 e. The lowest BCUT2D eigenvalue weighted by Gasteiger charge is -1.96. The van der Waals surface area contributed by atoms with Crippen LogP contribution in [0.2, 0.25) is 0 Å². The summed E-state index contributed by atoms with van der Waals surface area (Å²) in [6, 6.07) is 0. The van der Waals surface area contributed by atoms with Gasteiger partial charge in [-0.2, -0.15) is 0 Å². The molecule has 2 nitrogen and oxygen atoms in total. The van der Waals surface area contributed by atoms with Gasteiger partial charge in [0.2, 0.25) is 0 Å². The quantitative estimate of drug-likeness (QED) is 0.272. The summed E-state index contributed by atoms with van der Waals surface area (Å²) < 4.78 is 7.07. The highest BCUT2D eigenvalue weighted by atomic mass is 79.9. The molecule has 0 atom stereocenters. The minimum Gasteiger partial charge on any atom is -0.463 e. The summed E-state index contributed by atoms with van der Waals surface area (Å²) in [6.07, 6.45) is 11.5. The van der Waals surface area contributed by atoms with Gasteiger partial charge in [-0.25, -0.2) is 4.79 Å². The van der Waals surface area contributed by atoms with Gasteiger partial charge in [0.25, 0.3) is 0 Å². The van der Waals surface area contributed by atoms with Crippen LogP contribution >= 0.6 is 43.2 Å². The molecule has 0 aliphatic carbocycles. The first kappa shape index (κ1) is 20.1. The summed E-state index contributed by atoms with van der Waals surface area (Å²) in [7, 11) is 0. The molecule has 1 heterocycles. The zero-order valence-electron chi connectivity index (χ0n) is 13.7. The number of aryl methyl sites for hydroxylation is 1. The van der Waals surface area contributed by atoms with E-state index in [1.165, 1.54) is 15.8 Å². The molecule has 124 valence electrons. The van der Waals surface area contributed by atoms with E-state index < -0.39 is 0 Å². The number of rotatable bonds is 6. The fraction of sp³-hybridized carbons (Fsp3) is 0.278. The molecule has 0 saturated heterocycles. The summed E-state index contributed by atoms with van der Waals surface area (Å²) in [4.78, 5) is 13.7. The van der Waals surface area contributed by atoms with Crippen molar-refractivity contribution in [2.75, 3.05) is 6.61 Å². The Morgan fingerprint density at radius 2 is 1.87 bits per heavy atom. The predicted molar refractivity (Wildman–Crippen MR) is 107 cm³/mol. The first-order valence-corrected chi connectivity index (χ1v) is 9.57. The van der Waals surface area contributed by atoms with E-state index in [0.29, 0.717) is 6.61 Å². The van der Waals surface area contributed by atoms with Crippen molar-refractivity contribution in [1.29, 1.82) is 0 Å². The third-order valence-corrected chi connectivity index (χ3v) is 6.77. The Bertz CT molecular complexity index is 679. The topological polar surface area (TPSA) is 26.3 Å². The van der Waals surface area contributed by atoms with Crippen LogP contribution in [0.4, 0.5) is 0 Å². The van der Waals surface area contributed by atoms with Crippen LogP contribution in [0.25, 0.3) is 6.08 Å². The van der Waals surface area contributed by atoms with Crippen molar-refractivity contribution >= 4 is 55.2 Å². The van der Waals surface area contributed by atoms with Crippen LogP contribution < -0.4 is 0 Å². The molecular formula is C18H20Br2O2S. The second kappa shape index (κ2) is 10.1. The van der Waals surface area contributed by atoms with E-state index in [0.717, 1.165) is 20.1 Å². The molecule has 0 aromatic carbocycles. The van der Waals surface area contributed by atoms with Crippen LogP contribution in [0.5, 0.6) is 0 Å². The molecule has 1 rings (SSSR count). The number of halogens is 2. The lowest BCUT2D eigenvalue weighted by Crippen LogP contribution is -1.99. The average Bonchev–Trinajstić information content (AvgIpc) is 2.72. The highest BCUT2D eigenvalue weighted by Gasteiger charge is 2.08. The Labute approximate surface area is 158 Å². The van der Waals surface area contributed by atoms with Crippen LogP contribution in [0.1, 0.15) is 30.5 Å². The van der Waals surface area contributed by atoms with Gasteiger partial charge in [-0.1, -0.05) is 29.9 Å². The Morgan fingerprint density at radius 3 is 2.43 bits per heavy atom. The van der Waals surface area contributed by atoms with Crippen LogP contribution in [0.3, 0.4) is 0 Å². The van der Waals surface area contributed by atoms with Crippen molar-refractivity contribution in [1.82, 2.24) is 0 Å². The third kappa shape index (κ3) is 7.02. The van der Waals surface area contributed by atoms with Gasteiger partial charge in [0.1, 0.15) is 0 Å².